The van der Waals surface area contributed by atoms with E-state index in [0.717, 1.165) is 30.1 Å². The highest BCUT2D eigenvalue weighted by atomic mass is 32.2. The van der Waals surface area contributed by atoms with Gasteiger partial charge in [0.25, 0.3) is 0 Å². The zero-order valence-electron chi connectivity index (χ0n) is 11.7. The van der Waals surface area contributed by atoms with Gasteiger partial charge < -0.3 is 9.84 Å². The number of aliphatic hydroxyl groups excluding tert-OH is 1. The van der Waals surface area contributed by atoms with Crippen molar-refractivity contribution in [2.45, 2.75) is 24.3 Å². The van der Waals surface area contributed by atoms with Crippen LogP contribution in [0.5, 0.6) is 5.75 Å². The Hall–Kier alpha value is -1.45. The lowest BCUT2D eigenvalue weighted by atomic mass is 10.1. The molecule has 0 aliphatic carbocycles. The number of para-hydroxylation sites is 1. The van der Waals surface area contributed by atoms with Crippen LogP contribution < -0.4 is 4.74 Å². The highest BCUT2D eigenvalue weighted by Gasteiger charge is 2.00. The molecule has 0 bridgehead atoms. The molecule has 0 radical (unpaired) electrons. The zero-order chi connectivity index (χ0) is 14.2. The largest absolute Gasteiger partial charge is 0.494 e. The third-order valence-corrected chi connectivity index (χ3v) is 4.03. The first-order valence-corrected chi connectivity index (χ1v) is 7.83. The van der Waals surface area contributed by atoms with Crippen LogP contribution in [-0.4, -0.2) is 17.5 Å². The van der Waals surface area contributed by atoms with Crippen molar-refractivity contribution >= 4 is 11.8 Å². The predicted octanol–water partition coefficient (Wildman–Crippen LogP) is 4.30. The minimum atomic E-state index is -0.395. The topological polar surface area (TPSA) is 29.5 Å². The van der Waals surface area contributed by atoms with Crippen molar-refractivity contribution in [3.63, 3.8) is 0 Å². The Kier molecular flexibility index (Phi) is 5.96. The molecule has 1 atom stereocenters. The van der Waals surface area contributed by atoms with Gasteiger partial charge in [-0.3, -0.25) is 0 Å². The van der Waals surface area contributed by atoms with Crippen molar-refractivity contribution in [1.29, 1.82) is 0 Å². The second-order valence-corrected chi connectivity index (χ2v) is 5.78. The van der Waals surface area contributed by atoms with E-state index in [-0.39, 0.29) is 0 Å². The second-order valence-electron chi connectivity index (χ2n) is 4.61. The SMILES string of the molecule is CC(O)c1ccc(SCCCOc2ccccc2)cc1. The summed E-state index contributed by atoms with van der Waals surface area (Å²) in [6.07, 6.45) is 0.617. The third kappa shape index (κ3) is 4.91. The first-order chi connectivity index (χ1) is 9.75. The van der Waals surface area contributed by atoms with Gasteiger partial charge in [0.2, 0.25) is 0 Å². The Labute approximate surface area is 124 Å². The number of aliphatic hydroxyl groups is 1. The fourth-order valence-electron chi connectivity index (χ4n) is 1.80. The first kappa shape index (κ1) is 14.9. The Morgan fingerprint density at radius 2 is 1.75 bits per heavy atom. The summed E-state index contributed by atoms with van der Waals surface area (Å²) < 4.78 is 5.65. The number of thioether (sulfide) groups is 1. The summed E-state index contributed by atoms with van der Waals surface area (Å²) in [7, 11) is 0. The normalized spacial score (nSPS) is 12.1. The summed E-state index contributed by atoms with van der Waals surface area (Å²) >= 11 is 1.81. The number of rotatable bonds is 7. The molecule has 20 heavy (non-hydrogen) atoms. The van der Waals surface area contributed by atoms with E-state index in [2.05, 4.69) is 12.1 Å². The van der Waals surface area contributed by atoms with Crippen molar-refractivity contribution < 1.29 is 9.84 Å². The maximum Gasteiger partial charge on any atom is 0.119 e. The Morgan fingerprint density at radius 3 is 2.40 bits per heavy atom. The zero-order valence-corrected chi connectivity index (χ0v) is 12.5. The molecule has 0 aliphatic heterocycles. The van der Waals surface area contributed by atoms with E-state index in [9.17, 15) is 5.11 Å². The molecule has 0 saturated carbocycles. The number of ether oxygens (including phenoxy) is 1. The van der Waals surface area contributed by atoms with Crippen molar-refractivity contribution in [1.82, 2.24) is 0 Å². The van der Waals surface area contributed by atoms with Gasteiger partial charge in [-0.15, -0.1) is 11.8 Å². The standard InChI is InChI=1S/C17H20O2S/c1-14(18)15-8-10-17(11-9-15)20-13-5-12-19-16-6-3-2-4-7-16/h2-4,6-11,14,18H,5,12-13H2,1H3. The summed E-state index contributed by atoms with van der Waals surface area (Å²) in [4.78, 5) is 1.23. The van der Waals surface area contributed by atoms with E-state index in [0.29, 0.717) is 0 Å². The van der Waals surface area contributed by atoms with E-state index in [4.69, 9.17) is 4.74 Å². The van der Waals surface area contributed by atoms with Crippen LogP contribution in [0.25, 0.3) is 0 Å². The molecule has 1 unspecified atom stereocenters. The molecule has 2 aromatic rings. The quantitative estimate of drug-likeness (QED) is 0.608. The lowest BCUT2D eigenvalue weighted by Gasteiger charge is -2.07. The molecular formula is C17H20O2S. The second kappa shape index (κ2) is 7.98. The summed E-state index contributed by atoms with van der Waals surface area (Å²) in [5.74, 6) is 1.96. The van der Waals surface area contributed by atoms with E-state index in [1.165, 1.54) is 4.90 Å². The molecule has 0 amide bonds. The van der Waals surface area contributed by atoms with Crippen LogP contribution in [0.15, 0.2) is 59.5 Å². The summed E-state index contributed by atoms with van der Waals surface area (Å²) in [6, 6.07) is 18.0. The molecule has 0 heterocycles. The monoisotopic (exact) mass is 288 g/mol. The molecule has 3 heteroatoms. The fraction of sp³-hybridized carbons (Fsp3) is 0.294. The van der Waals surface area contributed by atoms with Gasteiger partial charge in [-0.1, -0.05) is 30.3 Å². The predicted molar refractivity (Wildman–Crippen MR) is 84.4 cm³/mol. The fourth-order valence-corrected chi connectivity index (χ4v) is 2.62. The summed E-state index contributed by atoms with van der Waals surface area (Å²) in [5, 5.41) is 9.45. The Balaban J connectivity index is 1.66. The van der Waals surface area contributed by atoms with Crippen LogP contribution in [-0.2, 0) is 0 Å². The van der Waals surface area contributed by atoms with Crippen LogP contribution in [0.2, 0.25) is 0 Å². The Morgan fingerprint density at radius 1 is 1.05 bits per heavy atom. The van der Waals surface area contributed by atoms with Crippen molar-refractivity contribution in [2.24, 2.45) is 0 Å². The molecule has 2 aromatic carbocycles. The lowest BCUT2D eigenvalue weighted by Crippen LogP contribution is -1.98. The molecule has 0 spiro atoms. The summed E-state index contributed by atoms with van der Waals surface area (Å²) in [5.41, 5.74) is 0.960. The van der Waals surface area contributed by atoms with Gasteiger partial charge in [0.05, 0.1) is 12.7 Å². The van der Waals surface area contributed by atoms with Crippen molar-refractivity contribution in [3.8, 4) is 5.75 Å². The smallest absolute Gasteiger partial charge is 0.119 e. The van der Waals surface area contributed by atoms with E-state index >= 15 is 0 Å². The molecule has 0 fully saturated rings. The van der Waals surface area contributed by atoms with Gasteiger partial charge in [0, 0.05) is 10.6 Å². The van der Waals surface area contributed by atoms with Gasteiger partial charge in [-0.25, -0.2) is 0 Å². The molecular weight excluding hydrogens is 268 g/mol. The first-order valence-electron chi connectivity index (χ1n) is 6.84. The van der Waals surface area contributed by atoms with Crippen LogP contribution in [0.4, 0.5) is 0 Å². The highest BCUT2D eigenvalue weighted by Crippen LogP contribution is 2.21. The highest BCUT2D eigenvalue weighted by molar-refractivity contribution is 7.99. The molecule has 0 aliphatic rings. The molecule has 2 rings (SSSR count). The molecule has 106 valence electrons. The number of benzene rings is 2. The maximum absolute atomic E-state index is 9.45. The minimum Gasteiger partial charge on any atom is -0.494 e. The molecule has 1 N–H and O–H groups in total. The van der Waals surface area contributed by atoms with E-state index < -0.39 is 6.10 Å². The lowest BCUT2D eigenvalue weighted by molar-refractivity contribution is 0.199. The van der Waals surface area contributed by atoms with Gasteiger partial charge in [0.15, 0.2) is 0 Å². The van der Waals surface area contributed by atoms with Gasteiger partial charge >= 0.3 is 0 Å². The van der Waals surface area contributed by atoms with Crippen molar-refractivity contribution in [3.05, 3.63) is 60.2 Å². The van der Waals surface area contributed by atoms with Crippen LogP contribution in [0.1, 0.15) is 25.0 Å². The number of hydrogen-bond donors (Lipinski definition) is 1. The van der Waals surface area contributed by atoms with Crippen LogP contribution >= 0.6 is 11.8 Å². The van der Waals surface area contributed by atoms with Crippen LogP contribution in [0.3, 0.4) is 0 Å². The van der Waals surface area contributed by atoms with E-state index in [1.54, 1.807) is 6.92 Å². The molecule has 2 nitrogen and oxygen atoms in total. The van der Waals surface area contributed by atoms with Crippen LogP contribution in [0, 0.1) is 0 Å². The average Bonchev–Trinajstić information content (AvgIpc) is 2.48. The van der Waals surface area contributed by atoms with Gasteiger partial charge in [-0.05, 0) is 43.2 Å². The third-order valence-electron chi connectivity index (χ3n) is 2.93. The Bertz CT molecular complexity index is 494. The molecule has 0 saturated heterocycles. The van der Waals surface area contributed by atoms with Crippen molar-refractivity contribution in [2.75, 3.05) is 12.4 Å². The maximum atomic E-state index is 9.45. The molecule has 0 aromatic heterocycles. The van der Waals surface area contributed by atoms with E-state index in [1.807, 2.05) is 54.2 Å². The number of hydrogen-bond acceptors (Lipinski definition) is 3. The average molecular weight is 288 g/mol. The minimum absolute atomic E-state index is 0.395. The van der Waals surface area contributed by atoms with Gasteiger partial charge in [-0.2, -0.15) is 0 Å². The van der Waals surface area contributed by atoms with Gasteiger partial charge in [0.1, 0.15) is 5.75 Å². The summed E-state index contributed by atoms with van der Waals surface area (Å²) in [6.45, 7) is 2.52.